The minimum absolute atomic E-state index is 0.00445. The molecule has 2 heterocycles. The van der Waals surface area contributed by atoms with Crippen LogP contribution in [0.1, 0.15) is 20.8 Å². The van der Waals surface area contributed by atoms with Crippen molar-refractivity contribution in [3.05, 3.63) is 48.0 Å². The van der Waals surface area contributed by atoms with Crippen LogP contribution in [-0.2, 0) is 0 Å². The van der Waals surface area contributed by atoms with E-state index in [-0.39, 0.29) is 22.7 Å². The summed E-state index contributed by atoms with van der Waals surface area (Å²) >= 11 is 0. The summed E-state index contributed by atoms with van der Waals surface area (Å²) < 4.78 is 0. The number of anilines is 1. The maximum atomic E-state index is 11.9. The molecular weight excluding hydrogens is 250 g/mol. The van der Waals surface area contributed by atoms with Gasteiger partial charge in [0, 0.05) is 12.4 Å². The molecule has 96 valence electrons. The van der Waals surface area contributed by atoms with E-state index in [1.165, 1.54) is 30.6 Å². The Hall–Kier alpha value is -2.96. The summed E-state index contributed by atoms with van der Waals surface area (Å²) in [6, 6.07) is 4.22. The smallest absolute Gasteiger partial charge is 0.356 e. The molecule has 0 bridgehead atoms. The van der Waals surface area contributed by atoms with E-state index >= 15 is 0 Å². The van der Waals surface area contributed by atoms with E-state index in [9.17, 15) is 14.7 Å². The molecule has 19 heavy (non-hydrogen) atoms. The van der Waals surface area contributed by atoms with Crippen LogP contribution in [0, 0.1) is 0 Å². The van der Waals surface area contributed by atoms with Gasteiger partial charge in [0.2, 0.25) is 0 Å². The van der Waals surface area contributed by atoms with Crippen LogP contribution in [0.3, 0.4) is 0 Å². The zero-order chi connectivity index (χ0) is 13.8. The summed E-state index contributed by atoms with van der Waals surface area (Å²) in [5, 5.41) is 20.8. The van der Waals surface area contributed by atoms with Gasteiger partial charge in [0.25, 0.3) is 5.91 Å². The molecule has 0 aliphatic rings. The fourth-order valence-electron chi connectivity index (χ4n) is 1.44. The molecule has 0 aliphatic heterocycles. The van der Waals surface area contributed by atoms with Gasteiger partial charge in [-0.25, -0.2) is 9.78 Å². The number of hydrogen-bond acceptors (Lipinski definition) is 5. The highest BCUT2D eigenvalue weighted by atomic mass is 16.4. The lowest BCUT2D eigenvalue weighted by Gasteiger charge is -2.08. The summed E-state index contributed by atoms with van der Waals surface area (Å²) in [6.07, 6.45) is 3.77. The van der Waals surface area contributed by atoms with Crippen molar-refractivity contribution in [1.29, 1.82) is 0 Å². The number of nitrogens with zero attached hydrogens (tertiary/aromatic N) is 2. The van der Waals surface area contributed by atoms with Crippen LogP contribution in [0.2, 0.25) is 0 Å². The zero-order valence-electron chi connectivity index (χ0n) is 9.57. The van der Waals surface area contributed by atoms with Gasteiger partial charge in [0.15, 0.2) is 5.69 Å². The van der Waals surface area contributed by atoms with E-state index in [4.69, 9.17) is 5.11 Å². The number of amides is 1. The SMILES string of the molecule is O=C(Nc1cccnc1C(=O)O)c1ccncc1O. The molecule has 0 radical (unpaired) electrons. The quantitative estimate of drug-likeness (QED) is 0.761. The average molecular weight is 259 g/mol. The largest absolute Gasteiger partial charge is 0.505 e. The second kappa shape index (κ2) is 5.13. The predicted molar refractivity (Wildman–Crippen MR) is 65.1 cm³/mol. The fourth-order valence-corrected chi connectivity index (χ4v) is 1.44. The molecule has 0 unspecified atom stereocenters. The van der Waals surface area contributed by atoms with Crippen LogP contribution in [0.5, 0.6) is 5.75 Å². The predicted octanol–water partition coefficient (Wildman–Crippen LogP) is 1.13. The monoisotopic (exact) mass is 259 g/mol. The lowest BCUT2D eigenvalue weighted by molar-refractivity contribution is 0.0691. The topological polar surface area (TPSA) is 112 Å². The molecule has 2 rings (SSSR count). The molecule has 0 fully saturated rings. The minimum atomic E-state index is -1.25. The third kappa shape index (κ3) is 2.65. The number of carboxylic acids is 1. The molecule has 0 saturated heterocycles. The van der Waals surface area contributed by atoms with Crippen LogP contribution < -0.4 is 5.32 Å². The van der Waals surface area contributed by atoms with Crippen molar-refractivity contribution in [2.24, 2.45) is 0 Å². The number of aromatic nitrogens is 2. The number of aromatic hydroxyl groups is 1. The number of hydrogen-bond donors (Lipinski definition) is 3. The number of nitrogens with one attached hydrogen (secondary N) is 1. The minimum Gasteiger partial charge on any atom is -0.505 e. The van der Waals surface area contributed by atoms with Gasteiger partial charge in [-0.3, -0.25) is 9.78 Å². The van der Waals surface area contributed by atoms with Crippen molar-refractivity contribution in [3.63, 3.8) is 0 Å². The number of aromatic carboxylic acids is 1. The molecule has 7 nitrogen and oxygen atoms in total. The molecular formula is C12H9N3O4. The first-order chi connectivity index (χ1) is 9.09. The summed E-state index contributed by atoms with van der Waals surface area (Å²) in [5.74, 6) is -2.19. The van der Waals surface area contributed by atoms with E-state index in [2.05, 4.69) is 15.3 Å². The lowest BCUT2D eigenvalue weighted by atomic mass is 10.2. The van der Waals surface area contributed by atoms with Gasteiger partial charge in [-0.2, -0.15) is 0 Å². The maximum absolute atomic E-state index is 11.9. The van der Waals surface area contributed by atoms with Gasteiger partial charge < -0.3 is 15.5 Å². The number of carbonyl (C=O) groups excluding carboxylic acids is 1. The Morgan fingerprint density at radius 3 is 2.68 bits per heavy atom. The van der Waals surface area contributed by atoms with Crippen molar-refractivity contribution < 1.29 is 19.8 Å². The van der Waals surface area contributed by atoms with Gasteiger partial charge in [-0.15, -0.1) is 0 Å². The van der Waals surface area contributed by atoms with Crippen molar-refractivity contribution in [2.45, 2.75) is 0 Å². The molecule has 0 spiro atoms. The molecule has 0 aliphatic carbocycles. The normalized spacial score (nSPS) is 9.89. The maximum Gasteiger partial charge on any atom is 0.356 e. The highest BCUT2D eigenvalue weighted by Crippen LogP contribution is 2.18. The van der Waals surface area contributed by atoms with Crippen molar-refractivity contribution in [2.75, 3.05) is 5.32 Å². The van der Waals surface area contributed by atoms with Gasteiger partial charge in [-0.1, -0.05) is 0 Å². The third-order valence-corrected chi connectivity index (χ3v) is 2.30. The molecule has 1 amide bonds. The molecule has 0 atom stereocenters. The lowest BCUT2D eigenvalue weighted by Crippen LogP contribution is -2.15. The summed E-state index contributed by atoms with van der Waals surface area (Å²) in [7, 11) is 0. The number of carbonyl (C=O) groups is 2. The van der Waals surface area contributed by atoms with Crippen molar-refractivity contribution in [3.8, 4) is 5.75 Å². The number of pyridine rings is 2. The van der Waals surface area contributed by atoms with Crippen LogP contribution in [-0.4, -0.2) is 32.1 Å². The van der Waals surface area contributed by atoms with Gasteiger partial charge in [0.05, 0.1) is 17.4 Å². The first-order valence-electron chi connectivity index (χ1n) is 5.22. The summed E-state index contributed by atoms with van der Waals surface area (Å²) in [5.41, 5.74) is -0.226. The number of rotatable bonds is 3. The Kier molecular flexibility index (Phi) is 3.37. The van der Waals surface area contributed by atoms with Crippen LogP contribution in [0.15, 0.2) is 36.8 Å². The van der Waals surface area contributed by atoms with Crippen LogP contribution in [0.4, 0.5) is 5.69 Å². The molecule has 3 N–H and O–H groups in total. The first kappa shape index (κ1) is 12.5. The average Bonchev–Trinajstić information content (AvgIpc) is 2.39. The molecule has 2 aromatic rings. The second-order valence-corrected chi connectivity index (χ2v) is 3.55. The van der Waals surface area contributed by atoms with Gasteiger partial charge >= 0.3 is 5.97 Å². The van der Waals surface area contributed by atoms with E-state index in [0.29, 0.717) is 0 Å². The van der Waals surface area contributed by atoms with Crippen LogP contribution in [0.25, 0.3) is 0 Å². The van der Waals surface area contributed by atoms with E-state index in [0.717, 1.165) is 6.20 Å². The zero-order valence-corrected chi connectivity index (χ0v) is 9.57. The molecule has 2 aromatic heterocycles. The first-order valence-corrected chi connectivity index (χ1v) is 5.22. The standard InChI is InChI=1S/C12H9N3O4/c16-9-6-13-5-3-7(9)11(17)15-8-2-1-4-14-10(8)12(18)19/h1-6,16H,(H,15,17)(H,18,19). The van der Waals surface area contributed by atoms with Crippen molar-refractivity contribution in [1.82, 2.24) is 9.97 Å². The fraction of sp³-hybridized carbons (Fsp3) is 0. The van der Waals surface area contributed by atoms with Crippen molar-refractivity contribution >= 4 is 17.6 Å². The highest BCUT2D eigenvalue weighted by Gasteiger charge is 2.16. The Bertz CT molecular complexity index is 642. The van der Waals surface area contributed by atoms with E-state index in [1.54, 1.807) is 0 Å². The van der Waals surface area contributed by atoms with E-state index in [1.807, 2.05) is 0 Å². The Morgan fingerprint density at radius 1 is 1.21 bits per heavy atom. The van der Waals surface area contributed by atoms with Gasteiger partial charge in [-0.05, 0) is 18.2 Å². The summed E-state index contributed by atoms with van der Waals surface area (Å²) in [6.45, 7) is 0. The Morgan fingerprint density at radius 2 is 2.00 bits per heavy atom. The summed E-state index contributed by atoms with van der Waals surface area (Å²) in [4.78, 5) is 30.1. The third-order valence-electron chi connectivity index (χ3n) is 2.30. The van der Waals surface area contributed by atoms with Gasteiger partial charge in [0.1, 0.15) is 5.75 Å². The Balaban J connectivity index is 2.30. The van der Waals surface area contributed by atoms with E-state index < -0.39 is 11.9 Å². The number of carboxylic acid groups (broad SMARTS) is 1. The molecule has 0 saturated carbocycles. The molecule has 7 heteroatoms. The van der Waals surface area contributed by atoms with Crippen LogP contribution >= 0.6 is 0 Å². The second-order valence-electron chi connectivity index (χ2n) is 3.55. The Labute approximate surface area is 107 Å². The molecule has 0 aromatic carbocycles. The highest BCUT2D eigenvalue weighted by molar-refractivity contribution is 6.08.